The van der Waals surface area contributed by atoms with Gasteiger partial charge in [-0.05, 0) is 55.7 Å². The largest absolute Gasteiger partial charge is 0.379 e. The van der Waals surface area contributed by atoms with Gasteiger partial charge < -0.3 is 34.6 Å². The smallest absolute Gasteiger partial charge is 0.320 e. The highest BCUT2D eigenvalue weighted by Crippen LogP contribution is 2.31. The van der Waals surface area contributed by atoms with Crippen LogP contribution < -0.4 is 16.0 Å². The summed E-state index contributed by atoms with van der Waals surface area (Å²) in [7, 11) is 1.81. The molecule has 0 aliphatic carbocycles. The number of piperidine rings is 2. The van der Waals surface area contributed by atoms with E-state index in [2.05, 4.69) is 15.2 Å². The van der Waals surface area contributed by atoms with Crippen LogP contribution in [-0.2, 0) is 36.6 Å². The van der Waals surface area contributed by atoms with Gasteiger partial charge in [-0.1, -0.05) is 36.4 Å². The number of primary amides is 1. The van der Waals surface area contributed by atoms with Crippen molar-refractivity contribution in [3.63, 3.8) is 0 Å². The molecular weight excluding hydrogens is 813 g/mol. The number of fused-ring (bicyclic) bond motifs is 1. The average Bonchev–Trinajstić information content (AvgIpc) is 3.75. The molecule has 7 rings (SSSR count). The number of hydrogen-bond donors (Lipinski definition) is 2. The molecule has 4 aliphatic heterocycles. The number of ether oxygens (including phenoxy) is 3. The Kier molecular flexibility index (Phi) is 14.9. The summed E-state index contributed by atoms with van der Waals surface area (Å²) >= 11 is 0. The third kappa shape index (κ3) is 10.7. The van der Waals surface area contributed by atoms with E-state index in [0.717, 1.165) is 29.8 Å². The molecule has 18 heteroatoms. The number of imide groups is 2. The number of amides is 7. The number of carbonyl (C=O) groups excluding carboxylic acids is 7. The van der Waals surface area contributed by atoms with E-state index in [4.69, 9.17) is 24.9 Å². The molecule has 3 aromatic rings. The lowest BCUT2D eigenvalue weighted by Crippen LogP contribution is -2.54. The average molecular weight is 867 g/mol. The molecule has 0 bridgehead atoms. The van der Waals surface area contributed by atoms with Gasteiger partial charge >= 0.3 is 6.03 Å². The maximum atomic E-state index is 13.3. The number of aromatic nitrogens is 2. The van der Waals surface area contributed by atoms with E-state index < -0.39 is 35.6 Å². The fraction of sp³-hybridized carbons (Fsp3) is 0.489. The number of nitrogens with one attached hydrogen (secondary N) is 1. The molecule has 0 saturated carbocycles. The molecule has 334 valence electrons. The summed E-state index contributed by atoms with van der Waals surface area (Å²) in [4.78, 5) is 104. The molecule has 0 spiro atoms. The Morgan fingerprint density at radius 3 is 2.29 bits per heavy atom. The third-order valence-electron chi connectivity index (χ3n) is 11.8. The van der Waals surface area contributed by atoms with Crippen molar-refractivity contribution in [2.24, 2.45) is 5.73 Å². The summed E-state index contributed by atoms with van der Waals surface area (Å²) in [6, 6.07) is 11.4. The fourth-order valence-electron chi connectivity index (χ4n) is 8.50. The summed E-state index contributed by atoms with van der Waals surface area (Å²) in [6.45, 7) is 5.11. The molecular formula is C45H54N8O10. The van der Waals surface area contributed by atoms with Gasteiger partial charge in [0.25, 0.3) is 17.7 Å². The Labute approximate surface area is 365 Å². The zero-order chi connectivity index (χ0) is 44.5. The molecule has 3 N–H and O–H groups in total. The van der Waals surface area contributed by atoms with Crippen molar-refractivity contribution in [1.29, 1.82) is 0 Å². The Morgan fingerprint density at radius 2 is 1.59 bits per heavy atom. The Hall–Kier alpha value is -6.11. The van der Waals surface area contributed by atoms with Crippen molar-refractivity contribution in [3.05, 3.63) is 87.9 Å². The minimum absolute atomic E-state index is 0.00794. The van der Waals surface area contributed by atoms with Gasteiger partial charge in [0.1, 0.15) is 17.6 Å². The molecule has 2 aromatic carbocycles. The fourth-order valence-corrected chi connectivity index (χ4v) is 8.50. The quantitative estimate of drug-likeness (QED) is 0.0894. The number of urea groups is 1. The van der Waals surface area contributed by atoms with Crippen LogP contribution >= 0.6 is 0 Å². The second-order valence-electron chi connectivity index (χ2n) is 16.2. The van der Waals surface area contributed by atoms with E-state index in [9.17, 15) is 33.6 Å². The van der Waals surface area contributed by atoms with Crippen LogP contribution in [0.25, 0.3) is 0 Å². The van der Waals surface area contributed by atoms with E-state index in [1.165, 1.54) is 0 Å². The summed E-state index contributed by atoms with van der Waals surface area (Å²) in [5.41, 5.74) is 8.93. The Balaban J connectivity index is 0.758. The standard InChI is InChI=1S/C45H54N8O10/c1-50-18-19-52(45(50)60)32-8-3-17-51(28-32)37-27-47-40(41(46)56)34(48-37)26-29-11-13-30(14-12-29)36(54)10-5-21-62-23-25-63-24-22-61-20-4-7-31-6-2-9-33-39(31)44(59)53(43(33)58)35-15-16-38(55)49-42(35)57/h2,6,9,11-14,27,32,35H,3-5,7-8,10,15-26,28H2,1H3,(H2,46,56)(H,49,55,57)/t32-,35?/m1/s1. The van der Waals surface area contributed by atoms with Crippen molar-refractivity contribution in [1.82, 2.24) is 30.0 Å². The minimum atomic E-state index is -1.00. The van der Waals surface area contributed by atoms with Crippen LogP contribution in [0.5, 0.6) is 0 Å². The van der Waals surface area contributed by atoms with Crippen molar-refractivity contribution in [2.75, 3.05) is 77.8 Å². The normalized spacial score (nSPS) is 19.0. The molecule has 18 nitrogen and oxygen atoms in total. The number of carbonyl (C=O) groups is 7. The number of ketones is 1. The Morgan fingerprint density at radius 1 is 0.857 bits per heavy atom. The number of Topliss-reactive ketones (excluding diaryl/α,β-unsaturated/α-hetero) is 1. The van der Waals surface area contributed by atoms with Crippen LogP contribution in [0.15, 0.2) is 48.7 Å². The first-order valence-electron chi connectivity index (χ1n) is 21.6. The zero-order valence-corrected chi connectivity index (χ0v) is 35.6. The number of benzene rings is 2. The van der Waals surface area contributed by atoms with Crippen molar-refractivity contribution in [2.45, 2.75) is 69.9 Å². The minimum Gasteiger partial charge on any atom is -0.379 e. The molecule has 63 heavy (non-hydrogen) atoms. The van der Waals surface area contributed by atoms with Gasteiger partial charge in [0.05, 0.1) is 55.5 Å². The summed E-state index contributed by atoms with van der Waals surface area (Å²) in [6.07, 6.45) is 5.84. The molecule has 0 radical (unpaired) electrons. The molecule has 5 heterocycles. The SMILES string of the molecule is CN1CCN([C@@H]2CCCN(c3cnc(C(N)=O)c(Cc4ccc(C(=O)CCCOCCOCCOCCCc5cccc6c5C(=O)N(C5CCC(=O)NC5=O)C6=O)cc4)n3)C2)C1=O. The van der Waals surface area contributed by atoms with Gasteiger partial charge in [-0.3, -0.25) is 39.0 Å². The van der Waals surface area contributed by atoms with Crippen LogP contribution in [0.4, 0.5) is 10.6 Å². The highest BCUT2D eigenvalue weighted by atomic mass is 16.5. The van der Waals surface area contributed by atoms with Gasteiger partial charge in [0, 0.05) is 71.3 Å². The number of likely N-dealkylation sites (N-methyl/N-ethyl adjacent to an activating group) is 1. The van der Waals surface area contributed by atoms with Gasteiger partial charge in [-0.15, -0.1) is 0 Å². The van der Waals surface area contributed by atoms with Crippen LogP contribution in [0.1, 0.15) is 103 Å². The van der Waals surface area contributed by atoms with Gasteiger partial charge in [-0.2, -0.15) is 0 Å². The predicted molar refractivity (Wildman–Crippen MR) is 227 cm³/mol. The Bertz CT molecular complexity index is 2220. The number of aryl methyl sites for hydroxylation is 1. The highest BCUT2D eigenvalue weighted by Gasteiger charge is 2.45. The monoisotopic (exact) mass is 866 g/mol. The van der Waals surface area contributed by atoms with E-state index >= 15 is 0 Å². The number of hydrogen-bond acceptors (Lipinski definition) is 13. The van der Waals surface area contributed by atoms with Crippen LogP contribution in [0.3, 0.4) is 0 Å². The van der Waals surface area contributed by atoms with Gasteiger partial charge in [0.15, 0.2) is 5.78 Å². The topological polar surface area (TPSA) is 224 Å². The second-order valence-corrected chi connectivity index (χ2v) is 16.2. The molecule has 2 atom stereocenters. The van der Waals surface area contributed by atoms with Crippen molar-refractivity contribution in [3.8, 4) is 0 Å². The number of nitrogens with two attached hydrogens (primary N) is 1. The molecule has 3 saturated heterocycles. The number of nitrogens with zero attached hydrogens (tertiary/aromatic N) is 6. The summed E-state index contributed by atoms with van der Waals surface area (Å²) in [5, 5.41) is 2.21. The van der Waals surface area contributed by atoms with E-state index in [1.54, 1.807) is 41.4 Å². The second kappa shape index (κ2) is 20.8. The molecule has 7 amide bonds. The first-order chi connectivity index (χ1) is 30.5. The lowest BCUT2D eigenvalue weighted by Gasteiger charge is -2.37. The van der Waals surface area contributed by atoms with E-state index in [-0.39, 0.29) is 42.0 Å². The van der Waals surface area contributed by atoms with E-state index in [0.29, 0.717) is 120 Å². The molecule has 3 fully saturated rings. The first kappa shape index (κ1) is 44.9. The zero-order valence-electron chi connectivity index (χ0n) is 35.6. The third-order valence-corrected chi connectivity index (χ3v) is 11.8. The van der Waals surface area contributed by atoms with Crippen molar-refractivity contribution >= 4 is 47.2 Å². The van der Waals surface area contributed by atoms with Crippen LogP contribution in [-0.4, -0.2) is 151 Å². The molecule has 1 aromatic heterocycles. The summed E-state index contributed by atoms with van der Waals surface area (Å²) in [5.74, 6) is -2.13. The maximum absolute atomic E-state index is 13.3. The molecule has 4 aliphatic rings. The van der Waals surface area contributed by atoms with Crippen molar-refractivity contribution < 1.29 is 47.8 Å². The van der Waals surface area contributed by atoms with Crippen LogP contribution in [0, 0.1) is 0 Å². The maximum Gasteiger partial charge on any atom is 0.320 e. The van der Waals surface area contributed by atoms with Crippen LogP contribution in [0.2, 0.25) is 0 Å². The lowest BCUT2D eigenvalue weighted by molar-refractivity contribution is -0.136. The molecule has 1 unspecified atom stereocenters. The highest BCUT2D eigenvalue weighted by molar-refractivity contribution is 6.24. The number of rotatable bonds is 21. The van der Waals surface area contributed by atoms with E-state index in [1.807, 2.05) is 24.1 Å². The van der Waals surface area contributed by atoms with Gasteiger partial charge in [-0.25, -0.2) is 14.8 Å². The summed E-state index contributed by atoms with van der Waals surface area (Å²) < 4.78 is 16.9. The first-order valence-corrected chi connectivity index (χ1v) is 21.6. The number of anilines is 1. The predicted octanol–water partition coefficient (Wildman–Crippen LogP) is 2.55. The lowest BCUT2D eigenvalue weighted by atomic mass is 9.99. The van der Waals surface area contributed by atoms with Gasteiger partial charge in [0.2, 0.25) is 11.8 Å².